The van der Waals surface area contributed by atoms with E-state index < -0.39 is 0 Å². The predicted octanol–water partition coefficient (Wildman–Crippen LogP) is 13.2. The number of hydrogen-bond donors (Lipinski definition) is 0. The van der Waals surface area contributed by atoms with Crippen molar-refractivity contribution in [1.82, 2.24) is 0 Å². The fourth-order valence-corrected chi connectivity index (χ4v) is 7.47. The van der Waals surface area contributed by atoms with Crippen LogP contribution in [0.1, 0.15) is 145 Å². The van der Waals surface area contributed by atoms with Gasteiger partial charge in [0.2, 0.25) is 0 Å². The number of fused-ring (bicyclic) bond motifs is 2. The summed E-state index contributed by atoms with van der Waals surface area (Å²) in [5, 5.41) is 0. The molecule has 0 N–H and O–H groups in total. The number of allylic oxidation sites excluding steroid dienone is 11. The van der Waals surface area contributed by atoms with Gasteiger partial charge in [-0.1, -0.05) is 122 Å². The van der Waals surface area contributed by atoms with Gasteiger partial charge in [-0.05, 0) is 118 Å². The lowest BCUT2D eigenvalue weighted by Crippen LogP contribution is -2.29. The second-order valence-electron chi connectivity index (χ2n) is 13.0. The maximum atomic E-state index is 5.29. The van der Waals surface area contributed by atoms with Crippen LogP contribution in [0.5, 0.6) is 0 Å². The Morgan fingerprint density at radius 3 is 1.21 bits per heavy atom. The third-order valence-electron chi connectivity index (χ3n) is 10.5. The van der Waals surface area contributed by atoms with Gasteiger partial charge in [0.25, 0.3) is 0 Å². The molecule has 8 aliphatic carbocycles. The van der Waals surface area contributed by atoms with E-state index in [0.29, 0.717) is 16.9 Å². The van der Waals surface area contributed by atoms with Crippen molar-refractivity contribution in [2.45, 2.75) is 151 Å². The average Bonchev–Trinajstić information content (AvgIpc) is 3.63. The fourth-order valence-electron chi connectivity index (χ4n) is 7.47. The zero-order valence-corrected chi connectivity index (χ0v) is 26.9. The molecule has 8 aliphatic rings. The van der Waals surface area contributed by atoms with Crippen LogP contribution in [-0.2, 0) is 4.74 Å². The van der Waals surface area contributed by atoms with Crippen molar-refractivity contribution in [3.8, 4) is 0 Å². The van der Waals surface area contributed by atoms with E-state index >= 15 is 0 Å². The summed E-state index contributed by atoms with van der Waals surface area (Å²) in [4.78, 5) is 0. The number of ether oxygens (including phenoxy) is 1. The monoisotopic (exact) mass is 579 g/mol. The van der Waals surface area contributed by atoms with Crippen molar-refractivity contribution in [1.29, 1.82) is 0 Å². The third-order valence-corrected chi connectivity index (χ3v) is 10.5. The SMILES string of the molecule is C.C.C1=CCC2(C=CC2)CC1.C1=CCC2(C=CC2)CC1.C1=CCC2(CC1)CCC2.CC.CC.COC1CC2C=CC1C2. The Kier molecular flexibility index (Phi) is 18.0. The van der Waals surface area contributed by atoms with E-state index in [4.69, 9.17) is 4.74 Å². The largest absolute Gasteiger partial charge is 0.381 e. The maximum absolute atomic E-state index is 5.29. The number of rotatable bonds is 1. The molecule has 0 aliphatic heterocycles. The Morgan fingerprint density at radius 1 is 0.548 bits per heavy atom. The molecule has 0 aromatic rings. The van der Waals surface area contributed by atoms with E-state index in [1.165, 1.54) is 103 Å². The van der Waals surface area contributed by atoms with Gasteiger partial charge in [0.05, 0.1) is 6.10 Å². The minimum absolute atomic E-state index is 0. The minimum Gasteiger partial charge on any atom is -0.381 e. The van der Waals surface area contributed by atoms with Crippen LogP contribution in [0.25, 0.3) is 0 Å². The molecule has 0 radical (unpaired) electrons. The Morgan fingerprint density at radius 2 is 1.02 bits per heavy atom. The second-order valence-corrected chi connectivity index (χ2v) is 13.0. The van der Waals surface area contributed by atoms with E-state index in [0.717, 1.165) is 17.3 Å². The van der Waals surface area contributed by atoms with Crippen molar-refractivity contribution in [3.63, 3.8) is 0 Å². The summed E-state index contributed by atoms with van der Waals surface area (Å²) in [6.07, 6.45) is 50.5. The molecule has 0 aromatic heterocycles. The summed E-state index contributed by atoms with van der Waals surface area (Å²) in [6.45, 7) is 8.00. The smallest absolute Gasteiger partial charge is 0.0639 e. The Labute approximate surface area is 263 Å². The highest BCUT2D eigenvalue weighted by Gasteiger charge is 2.36. The average molecular weight is 579 g/mol. The van der Waals surface area contributed by atoms with Crippen molar-refractivity contribution < 1.29 is 4.74 Å². The van der Waals surface area contributed by atoms with Gasteiger partial charge in [-0.15, -0.1) is 0 Å². The van der Waals surface area contributed by atoms with Crippen LogP contribution in [0.4, 0.5) is 0 Å². The first-order chi connectivity index (χ1) is 19.6. The molecule has 5 atom stereocenters. The van der Waals surface area contributed by atoms with Crippen molar-refractivity contribution in [2.75, 3.05) is 7.11 Å². The first kappa shape index (κ1) is 38.4. The van der Waals surface area contributed by atoms with E-state index in [1.54, 1.807) is 0 Å². The van der Waals surface area contributed by atoms with Gasteiger partial charge < -0.3 is 4.74 Å². The zero-order valence-electron chi connectivity index (χ0n) is 26.9. The van der Waals surface area contributed by atoms with Crippen LogP contribution in [0.2, 0.25) is 0 Å². The van der Waals surface area contributed by atoms with E-state index in [-0.39, 0.29) is 14.9 Å². The maximum Gasteiger partial charge on any atom is 0.0639 e. The molecule has 0 amide bonds. The zero-order chi connectivity index (χ0) is 28.7. The Balaban J connectivity index is 0.000000265. The molecule has 2 fully saturated rings. The lowest BCUT2D eigenvalue weighted by molar-refractivity contribution is 0.0825. The Hall–Kier alpha value is -1.60. The molecule has 3 spiro atoms. The number of hydrogen-bond acceptors (Lipinski definition) is 1. The molecule has 2 saturated carbocycles. The molecule has 240 valence electrons. The molecule has 0 heterocycles. The van der Waals surface area contributed by atoms with Crippen LogP contribution >= 0.6 is 0 Å². The lowest BCUT2D eigenvalue weighted by Gasteiger charge is -2.43. The second kappa shape index (κ2) is 19.6. The van der Waals surface area contributed by atoms with Crippen LogP contribution in [0.3, 0.4) is 0 Å². The summed E-state index contributed by atoms with van der Waals surface area (Å²) in [7, 11) is 1.82. The van der Waals surface area contributed by atoms with Crippen LogP contribution < -0.4 is 0 Å². The summed E-state index contributed by atoms with van der Waals surface area (Å²) >= 11 is 0. The number of methoxy groups -OCH3 is 1. The normalized spacial score (nSPS) is 33.5. The third kappa shape index (κ3) is 10.5. The summed E-state index contributed by atoms with van der Waals surface area (Å²) in [5.74, 6) is 1.60. The highest BCUT2D eigenvalue weighted by Crippen LogP contribution is 2.49. The van der Waals surface area contributed by atoms with Gasteiger partial charge in [-0.2, -0.15) is 0 Å². The van der Waals surface area contributed by atoms with E-state index in [1.807, 2.05) is 34.8 Å². The molecular formula is C41H70O. The quantitative estimate of drug-likeness (QED) is 0.281. The highest BCUT2D eigenvalue weighted by molar-refractivity contribution is 5.18. The molecule has 8 rings (SSSR count). The van der Waals surface area contributed by atoms with Crippen LogP contribution in [0, 0.1) is 28.1 Å². The van der Waals surface area contributed by atoms with Crippen LogP contribution in [-0.4, -0.2) is 13.2 Å². The van der Waals surface area contributed by atoms with Gasteiger partial charge in [0.1, 0.15) is 0 Å². The summed E-state index contributed by atoms with van der Waals surface area (Å²) < 4.78 is 5.29. The van der Waals surface area contributed by atoms with E-state index in [9.17, 15) is 0 Å². The molecule has 1 heteroatoms. The Bertz CT molecular complexity index is 856. The standard InChI is InChI=1S/C9H14.2C9H12.C8H12O.2C2H6.2CH4/c3*1-2-5-9(6-3-1)7-4-8-9;1-9-8-5-6-2-3-7(8)4-6;2*1-2;;/h1-2H,3-8H2;2*1-2,4,7H,3,5-6,8H2;2-3,6-8H,4-5H2,1H3;2*1-2H3;2*1H4. The molecular weight excluding hydrogens is 508 g/mol. The van der Waals surface area contributed by atoms with Crippen molar-refractivity contribution in [2.24, 2.45) is 28.1 Å². The predicted molar refractivity (Wildman–Crippen MR) is 190 cm³/mol. The fraction of sp³-hybridized carbons (Fsp3) is 0.707. The first-order valence-corrected chi connectivity index (χ1v) is 17.2. The van der Waals surface area contributed by atoms with Gasteiger partial charge in [0.15, 0.2) is 0 Å². The molecule has 1 nitrogen and oxygen atoms in total. The first-order valence-electron chi connectivity index (χ1n) is 17.2. The molecule has 5 unspecified atom stereocenters. The molecule has 0 saturated heterocycles. The lowest BCUT2D eigenvalue weighted by atomic mass is 9.62. The molecule has 42 heavy (non-hydrogen) atoms. The highest BCUT2D eigenvalue weighted by atomic mass is 16.5. The van der Waals surface area contributed by atoms with Crippen LogP contribution in [0.15, 0.2) is 72.9 Å². The molecule has 2 bridgehead atoms. The summed E-state index contributed by atoms with van der Waals surface area (Å²) in [6, 6.07) is 0. The molecule has 0 aromatic carbocycles. The van der Waals surface area contributed by atoms with Gasteiger partial charge in [-0.25, -0.2) is 0 Å². The van der Waals surface area contributed by atoms with Gasteiger partial charge in [-0.3, -0.25) is 0 Å². The topological polar surface area (TPSA) is 9.23 Å². The van der Waals surface area contributed by atoms with Gasteiger partial charge in [0, 0.05) is 13.0 Å². The summed E-state index contributed by atoms with van der Waals surface area (Å²) in [5.41, 5.74) is 2.08. The van der Waals surface area contributed by atoms with Crippen molar-refractivity contribution in [3.05, 3.63) is 72.9 Å². The van der Waals surface area contributed by atoms with Crippen molar-refractivity contribution >= 4 is 0 Å². The van der Waals surface area contributed by atoms with Gasteiger partial charge >= 0.3 is 0 Å². The van der Waals surface area contributed by atoms with E-state index in [2.05, 4.69) is 72.9 Å². The minimum atomic E-state index is 0.